The summed E-state index contributed by atoms with van der Waals surface area (Å²) in [6.07, 6.45) is -0.814. The number of hydrogen-bond donors (Lipinski definition) is 1. The van der Waals surface area contributed by atoms with Gasteiger partial charge in [-0.05, 0) is 12.1 Å². The Morgan fingerprint density at radius 3 is 2.95 bits per heavy atom. The Kier molecular flexibility index (Phi) is 3.53. The molecule has 2 atom stereocenters. The Bertz CT molecular complexity index is 583. The molecule has 0 aliphatic carbocycles. The van der Waals surface area contributed by atoms with E-state index in [1.807, 2.05) is 24.3 Å². The lowest BCUT2D eigenvalue weighted by atomic mass is 10.2. The first-order valence-electron chi connectivity index (χ1n) is 6.26. The fourth-order valence-corrected chi connectivity index (χ4v) is 1.95. The van der Waals surface area contributed by atoms with E-state index < -0.39 is 12.2 Å². The summed E-state index contributed by atoms with van der Waals surface area (Å²) in [5.41, 5.74) is 5.56. The van der Waals surface area contributed by atoms with E-state index in [9.17, 15) is 0 Å². The van der Waals surface area contributed by atoms with Crippen molar-refractivity contribution in [2.45, 2.75) is 12.2 Å². The van der Waals surface area contributed by atoms with Crippen LogP contribution in [0, 0.1) is 0 Å². The van der Waals surface area contributed by atoms with Gasteiger partial charge in [0.25, 0.3) is 5.89 Å². The molecule has 0 fully saturated rings. The van der Waals surface area contributed by atoms with Crippen molar-refractivity contribution in [1.82, 2.24) is 10.1 Å². The van der Waals surface area contributed by atoms with Gasteiger partial charge in [0.2, 0.25) is 5.82 Å². The average Bonchev–Trinajstić information content (AvgIpc) is 2.98. The third-order valence-corrected chi connectivity index (χ3v) is 3.03. The van der Waals surface area contributed by atoms with Crippen molar-refractivity contribution in [3.63, 3.8) is 0 Å². The average molecular weight is 277 g/mol. The van der Waals surface area contributed by atoms with Crippen molar-refractivity contribution in [2.75, 3.05) is 20.3 Å². The maximum Gasteiger partial charge on any atom is 0.257 e. The summed E-state index contributed by atoms with van der Waals surface area (Å²) in [6.45, 7) is 0.596. The molecule has 7 heteroatoms. The molecule has 7 nitrogen and oxygen atoms in total. The Morgan fingerprint density at radius 1 is 1.40 bits per heavy atom. The summed E-state index contributed by atoms with van der Waals surface area (Å²) < 4.78 is 21.7. The first-order valence-corrected chi connectivity index (χ1v) is 6.26. The Hall–Kier alpha value is -2.12. The van der Waals surface area contributed by atoms with Gasteiger partial charge in [-0.15, -0.1) is 0 Å². The van der Waals surface area contributed by atoms with Gasteiger partial charge in [0.1, 0.15) is 12.7 Å². The minimum Gasteiger partial charge on any atom is -0.485 e. The number of nitrogens with two attached hydrogens (primary N) is 1. The Morgan fingerprint density at radius 2 is 2.20 bits per heavy atom. The number of rotatable bonds is 4. The van der Waals surface area contributed by atoms with E-state index >= 15 is 0 Å². The molecule has 0 spiro atoms. The molecule has 2 aromatic rings. The molecule has 0 amide bonds. The van der Waals surface area contributed by atoms with Crippen LogP contribution in [0.5, 0.6) is 11.5 Å². The number of fused-ring (bicyclic) bond motifs is 1. The van der Waals surface area contributed by atoms with Crippen molar-refractivity contribution >= 4 is 0 Å². The zero-order chi connectivity index (χ0) is 13.9. The standard InChI is InChI=1S/C13H15N3O4/c1-17-10(6-14)13-15-12(16-20-13)11-7-18-8-4-2-3-5-9(8)19-11/h2-5,10-11H,6-7,14H2,1H3. The van der Waals surface area contributed by atoms with E-state index in [2.05, 4.69) is 10.1 Å². The minimum atomic E-state index is -0.409. The molecule has 2 N–H and O–H groups in total. The lowest BCUT2D eigenvalue weighted by molar-refractivity contribution is 0.0793. The number of nitrogens with zero attached hydrogens (tertiary/aromatic N) is 2. The number of benzene rings is 1. The number of para-hydroxylation sites is 2. The second kappa shape index (κ2) is 5.48. The zero-order valence-corrected chi connectivity index (χ0v) is 11.0. The van der Waals surface area contributed by atoms with Crippen molar-refractivity contribution in [3.05, 3.63) is 36.0 Å². The normalized spacial score (nSPS) is 18.8. The molecule has 1 aromatic carbocycles. The highest BCUT2D eigenvalue weighted by molar-refractivity contribution is 5.40. The predicted molar refractivity (Wildman–Crippen MR) is 68.4 cm³/mol. The van der Waals surface area contributed by atoms with Crippen LogP contribution in [-0.4, -0.2) is 30.4 Å². The lowest BCUT2D eigenvalue weighted by Gasteiger charge is -2.24. The Balaban J connectivity index is 1.78. The quantitative estimate of drug-likeness (QED) is 0.898. The highest BCUT2D eigenvalue weighted by atomic mass is 16.6. The molecule has 3 rings (SSSR count). The molecule has 106 valence electrons. The van der Waals surface area contributed by atoms with Gasteiger partial charge in [0.05, 0.1) is 0 Å². The van der Waals surface area contributed by atoms with Crippen molar-refractivity contribution < 1.29 is 18.7 Å². The summed E-state index contributed by atoms with van der Waals surface area (Å²) in [4.78, 5) is 4.26. The van der Waals surface area contributed by atoms with E-state index in [1.54, 1.807) is 0 Å². The van der Waals surface area contributed by atoms with Gasteiger partial charge >= 0.3 is 0 Å². The van der Waals surface area contributed by atoms with Crippen LogP contribution < -0.4 is 15.2 Å². The molecule has 2 heterocycles. The van der Waals surface area contributed by atoms with Gasteiger partial charge in [0.15, 0.2) is 17.6 Å². The summed E-state index contributed by atoms with van der Waals surface area (Å²) in [5.74, 6) is 2.14. The van der Waals surface area contributed by atoms with Gasteiger partial charge < -0.3 is 24.5 Å². The van der Waals surface area contributed by atoms with E-state index in [4.69, 9.17) is 24.5 Å². The van der Waals surface area contributed by atoms with Crippen LogP contribution >= 0.6 is 0 Å². The van der Waals surface area contributed by atoms with Crippen LogP contribution in [0.15, 0.2) is 28.8 Å². The van der Waals surface area contributed by atoms with E-state index in [-0.39, 0.29) is 6.54 Å². The Labute approximate surface area is 115 Å². The van der Waals surface area contributed by atoms with Gasteiger partial charge in [0, 0.05) is 13.7 Å². The zero-order valence-electron chi connectivity index (χ0n) is 11.0. The largest absolute Gasteiger partial charge is 0.485 e. The van der Waals surface area contributed by atoms with Gasteiger partial charge in [-0.3, -0.25) is 0 Å². The maximum atomic E-state index is 5.80. The topological polar surface area (TPSA) is 92.6 Å². The number of ether oxygens (including phenoxy) is 3. The third-order valence-electron chi connectivity index (χ3n) is 3.03. The summed E-state index contributed by atoms with van der Waals surface area (Å²) in [5, 5.41) is 3.90. The molecule has 0 radical (unpaired) electrons. The fraction of sp³-hybridized carbons (Fsp3) is 0.385. The number of aromatic nitrogens is 2. The van der Waals surface area contributed by atoms with Crippen LogP contribution in [0.4, 0.5) is 0 Å². The van der Waals surface area contributed by atoms with Crippen LogP contribution in [0.2, 0.25) is 0 Å². The molecule has 0 saturated heterocycles. The van der Waals surface area contributed by atoms with Gasteiger partial charge in [-0.25, -0.2) is 0 Å². The maximum absolute atomic E-state index is 5.80. The van der Waals surface area contributed by atoms with Gasteiger partial charge in [-0.2, -0.15) is 4.98 Å². The van der Waals surface area contributed by atoms with E-state index in [0.717, 1.165) is 0 Å². The van der Waals surface area contributed by atoms with Crippen LogP contribution in [0.1, 0.15) is 23.9 Å². The van der Waals surface area contributed by atoms with Crippen LogP contribution in [0.25, 0.3) is 0 Å². The highest BCUT2D eigenvalue weighted by Gasteiger charge is 2.28. The molecule has 20 heavy (non-hydrogen) atoms. The second-order valence-electron chi connectivity index (χ2n) is 4.32. The molecule has 1 aromatic heterocycles. The van der Waals surface area contributed by atoms with Crippen molar-refractivity contribution in [1.29, 1.82) is 0 Å². The van der Waals surface area contributed by atoms with Gasteiger partial charge in [-0.1, -0.05) is 17.3 Å². The van der Waals surface area contributed by atoms with E-state index in [0.29, 0.717) is 29.8 Å². The fourth-order valence-electron chi connectivity index (χ4n) is 1.95. The summed E-state index contributed by atoms with van der Waals surface area (Å²) >= 11 is 0. The molecule has 0 saturated carbocycles. The second-order valence-corrected chi connectivity index (χ2v) is 4.32. The molecule has 2 unspecified atom stereocenters. The van der Waals surface area contributed by atoms with Crippen molar-refractivity contribution in [2.24, 2.45) is 5.73 Å². The minimum absolute atomic E-state index is 0.267. The number of hydrogen-bond acceptors (Lipinski definition) is 7. The molecule has 0 bridgehead atoms. The molecular weight excluding hydrogens is 262 g/mol. The molecule has 1 aliphatic rings. The van der Waals surface area contributed by atoms with Crippen molar-refractivity contribution in [3.8, 4) is 11.5 Å². The smallest absolute Gasteiger partial charge is 0.257 e. The lowest BCUT2D eigenvalue weighted by Crippen LogP contribution is -2.22. The SMILES string of the molecule is COC(CN)c1nc(C2COc3ccccc3O2)no1. The third kappa shape index (κ3) is 2.33. The number of methoxy groups -OCH3 is 1. The summed E-state index contributed by atoms with van der Waals surface area (Å²) in [7, 11) is 1.54. The van der Waals surface area contributed by atoms with Crippen LogP contribution in [-0.2, 0) is 4.74 Å². The highest BCUT2D eigenvalue weighted by Crippen LogP contribution is 2.35. The monoisotopic (exact) mass is 277 g/mol. The molecular formula is C13H15N3O4. The van der Waals surface area contributed by atoms with E-state index in [1.165, 1.54) is 7.11 Å². The summed E-state index contributed by atoms with van der Waals surface area (Å²) in [6, 6.07) is 7.45. The van der Waals surface area contributed by atoms with Crippen LogP contribution in [0.3, 0.4) is 0 Å². The first kappa shape index (κ1) is 12.9. The first-order chi connectivity index (χ1) is 9.81. The molecule has 1 aliphatic heterocycles. The predicted octanol–water partition coefficient (Wildman–Crippen LogP) is 1.23.